The van der Waals surface area contributed by atoms with Crippen LogP contribution in [0.1, 0.15) is 0 Å². The fourth-order valence-corrected chi connectivity index (χ4v) is 0. The monoisotopic (exact) mass is 401 g/mol. The normalized spacial score (nSPS) is 0. The largest absolute Gasteiger partial charge is 0 e. The molecule has 0 unspecified atom stereocenters. The van der Waals surface area contributed by atoms with E-state index in [4.69, 9.17) is 0 Å². The first-order valence-electron chi connectivity index (χ1n) is 0. The molecule has 0 saturated carbocycles. The molecule has 0 aliphatic heterocycles. The first-order chi connectivity index (χ1) is 0. The summed E-state index contributed by atoms with van der Waals surface area (Å²) < 4.78 is 0. The second-order valence-corrected chi connectivity index (χ2v) is 0. The molecule has 4 heteroatoms. The van der Waals surface area contributed by atoms with Crippen LogP contribution in [0.5, 0.6) is 0 Å². The van der Waals surface area contributed by atoms with Crippen molar-refractivity contribution < 1.29 is 44.8 Å². The summed E-state index contributed by atoms with van der Waals surface area (Å²) in [5.41, 5.74) is 0. The fraction of sp³-hybridized carbons (Fsp3) is 0. The molecule has 0 amide bonds. The van der Waals surface area contributed by atoms with E-state index in [0.717, 1.165) is 0 Å². The van der Waals surface area contributed by atoms with Gasteiger partial charge >= 0.3 is 0 Å². The maximum atomic E-state index is 0. The topological polar surface area (TPSA) is 0 Å². The van der Waals surface area contributed by atoms with Crippen LogP contribution < -0.4 is 0 Å². The number of rotatable bonds is 0. The second-order valence-electron chi connectivity index (χ2n) is 0. The molecular weight excluding hydrogens is 400 g/mol. The van der Waals surface area contributed by atoms with Crippen LogP contribution in [0.4, 0.5) is 0 Å². The Bertz CT molecular complexity index is 8.00. The fourth-order valence-electron chi connectivity index (χ4n) is 0. The van der Waals surface area contributed by atoms with Gasteiger partial charge in [-0.3, -0.25) is 0 Å². The number of hydrogen-bond donors (Lipinski definition) is 0. The van der Waals surface area contributed by atoms with Crippen molar-refractivity contribution in [2.45, 2.75) is 0 Å². The van der Waals surface area contributed by atoms with Gasteiger partial charge in [-0.25, -0.2) is 0 Å². The minimum Gasteiger partial charge on any atom is 0 e. The Balaban J connectivity index is 0. The Hall–Kier alpha value is 2.88. The van der Waals surface area contributed by atoms with Gasteiger partial charge in [0.25, 0.3) is 0 Å². The Morgan fingerprint density at radius 1 is 1.00 bits per heavy atom. The third-order valence-corrected chi connectivity index (χ3v) is 0. The summed E-state index contributed by atoms with van der Waals surface area (Å²) >= 11 is 0. The summed E-state index contributed by atoms with van der Waals surface area (Å²) in [4.78, 5) is 0. The zero-order valence-electron chi connectivity index (χ0n) is 2.39. The summed E-state index contributed by atoms with van der Waals surface area (Å²) in [7, 11) is 0. The quantitative estimate of drug-likeness (QED) is 0.470. The number of hydrogen-bond acceptors (Lipinski definition) is 0. The minimum atomic E-state index is 0. The van der Waals surface area contributed by atoms with Crippen LogP contribution in [0.3, 0.4) is 0 Å². The van der Waals surface area contributed by atoms with Gasteiger partial charge in [0, 0.05) is 87.5 Å². The van der Waals surface area contributed by atoms with Gasteiger partial charge in [-0.1, -0.05) is 0 Å². The average Bonchev–Trinajstić information content (AvgIpc) is 0. The smallest absolute Gasteiger partial charge is 0 e. The molecule has 0 aliphatic carbocycles. The molecule has 15 valence electrons. The third-order valence-electron chi connectivity index (χ3n) is 0. The Morgan fingerprint density at radius 3 is 1.00 bits per heavy atom. The molecule has 0 spiro atoms. The summed E-state index contributed by atoms with van der Waals surface area (Å²) in [5.74, 6) is 0. The van der Waals surface area contributed by atoms with Gasteiger partial charge in [-0.05, 0) is 0 Å². The maximum absolute atomic E-state index is 0. The van der Waals surface area contributed by atoms with Gasteiger partial charge in [-0.15, -0.1) is 0 Å². The molecule has 0 atom stereocenters. The van der Waals surface area contributed by atoms with Crippen molar-refractivity contribution in [2.24, 2.45) is 0 Å². The predicted molar refractivity (Wildman–Crippen MR) is 11.5 cm³/mol. The molecule has 0 aromatic rings. The molecule has 0 aromatic carbocycles. The molecule has 7 radical (unpaired) electrons. The van der Waals surface area contributed by atoms with Gasteiger partial charge < -0.3 is 0 Å². The van der Waals surface area contributed by atoms with E-state index < -0.39 is 0 Å². The standard InChI is InChI=1S/Li.Nb.Sn.Ta. The van der Waals surface area contributed by atoms with Crippen LogP contribution in [0, 0.1) is 0 Å². The second kappa shape index (κ2) is 16.9. The van der Waals surface area contributed by atoms with E-state index in [9.17, 15) is 0 Å². The molecular formula is LiNbSnTa. The van der Waals surface area contributed by atoms with Crippen molar-refractivity contribution >= 4 is 42.8 Å². The van der Waals surface area contributed by atoms with Crippen molar-refractivity contribution in [1.29, 1.82) is 0 Å². The van der Waals surface area contributed by atoms with Crippen molar-refractivity contribution in [1.82, 2.24) is 0 Å². The third kappa shape index (κ3) is 8.86. The molecule has 0 saturated heterocycles. The van der Waals surface area contributed by atoms with E-state index >= 15 is 0 Å². The minimum absolute atomic E-state index is 0. The Kier molecular flexibility index (Phi) is 121. The van der Waals surface area contributed by atoms with E-state index in [1.807, 2.05) is 0 Å². The molecule has 0 aromatic heterocycles. The molecule has 0 bridgehead atoms. The zero-order chi connectivity index (χ0) is 0. The average molecular weight is 400 g/mol. The van der Waals surface area contributed by atoms with Crippen LogP contribution in [-0.4, -0.2) is 42.8 Å². The Labute approximate surface area is 86.0 Å². The first kappa shape index (κ1) is 28.7. The van der Waals surface area contributed by atoms with Gasteiger partial charge in [0.2, 0.25) is 0 Å². The van der Waals surface area contributed by atoms with Crippen LogP contribution in [0.15, 0.2) is 0 Å². The van der Waals surface area contributed by atoms with Crippen LogP contribution in [0.25, 0.3) is 0 Å². The SMILES string of the molecule is [Li].[Nb].[Sn].[Ta]. The molecule has 4 heavy (non-hydrogen) atoms. The van der Waals surface area contributed by atoms with Crippen LogP contribution >= 0.6 is 0 Å². The van der Waals surface area contributed by atoms with Gasteiger partial charge in [0.05, 0.1) is 0 Å². The van der Waals surface area contributed by atoms with Crippen LogP contribution in [0.2, 0.25) is 0 Å². The van der Waals surface area contributed by atoms with E-state index in [0.29, 0.717) is 0 Å². The van der Waals surface area contributed by atoms with E-state index in [1.165, 1.54) is 0 Å². The summed E-state index contributed by atoms with van der Waals surface area (Å²) in [6.45, 7) is 0. The molecule has 0 nitrogen and oxygen atoms in total. The van der Waals surface area contributed by atoms with Crippen molar-refractivity contribution in [3.63, 3.8) is 0 Å². The van der Waals surface area contributed by atoms with E-state index in [-0.39, 0.29) is 87.5 Å². The van der Waals surface area contributed by atoms with Crippen molar-refractivity contribution in [3.05, 3.63) is 0 Å². The summed E-state index contributed by atoms with van der Waals surface area (Å²) in [6, 6.07) is 0. The van der Waals surface area contributed by atoms with Crippen molar-refractivity contribution in [2.75, 3.05) is 0 Å². The van der Waals surface area contributed by atoms with E-state index in [1.54, 1.807) is 0 Å². The zero-order valence-corrected chi connectivity index (χ0v) is 10.7. The predicted octanol–water partition coefficient (Wildman–Crippen LogP) is -0.767. The molecule has 0 rings (SSSR count). The van der Waals surface area contributed by atoms with Gasteiger partial charge in [-0.2, -0.15) is 0 Å². The molecule has 0 N–H and O–H groups in total. The van der Waals surface area contributed by atoms with Gasteiger partial charge in [0.15, 0.2) is 0 Å². The van der Waals surface area contributed by atoms with Gasteiger partial charge in [0.1, 0.15) is 0 Å². The molecule has 0 aliphatic rings. The molecule has 0 fully saturated rings. The van der Waals surface area contributed by atoms with Crippen LogP contribution in [-0.2, 0) is 44.8 Å². The molecule has 0 heterocycles. The summed E-state index contributed by atoms with van der Waals surface area (Å²) in [6.07, 6.45) is 0. The van der Waals surface area contributed by atoms with Crippen molar-refractivity contribution in [3.8, 4) is 0 Å². The van der Waals surface area contributed by atoms with E-state index in [2.05, 4.69) is 0 Å². The first-order valence-corrected chi connectivity index (χ1v) is 0. The summed E-state index contributed by atoms with van der Waals surface area (Å²) in [5, 5.41) is 0. The Morgan fingerprint density at radius 2 is 1.00 bits per heavy atom. The maximum Gasteiger partial charge on any atom is 0 e.